The summed E-state index contributed by atoms with van der Waals surface area (Å²) in [4.78, 5) is 21.4. The number of rotatable bonds is 5. The molecule has 0 aromatic carbocycles. The fraction of sp³-hybridized carbons (Fsp3) is 0.400. The number of carboxylic acid groups (broad SMARTS) is 1. The van der Waals surface area contributed by atoms with E-state index in [1.807, 2.05) is 0 Å². The zero-order valence-corrected chi connectivity index (χ0v) is 10.3. The van der Waals surface area contributed by atoms with Crippen molar-refractivity contribution in [1.82, 2.24) is 10.2 Å². The van der Waals surface area contributed by atoms with Gasteiger partial charge in [0.05, 0.1) is 0 Å². The summed E-state index contributed by atoms with van der Waals surface area (Å²) in [6, 6.07) is 0. The fourth-order valence-corrected chi connectivity index (χ4v) is 1.98. The van der Waals surface area contributed by atoms with Gasteiger partial charge in [0.2, 0.25) is 11.0 Å². The lowest BCUT2D eigenvalue weighted by molar-refractivity contribution is -0.131. The molecule has 1 aromatic rings. The van der Waals surface area contributed by atoms with Crippen LogP contribution in [-0.4, -0.2) is 27.2 Å². The Morgan fingerprint density at radius 3 is 2.71 bits per heavy atom. The second-order valence-corrected chi connectivity index (χ2v) is 4.82. The first-order valence-electron chi connectivity index (χ1n) is 5.01. The molecule has 7 heteroatoms. The second-order valence-electron chi connectivity index (χ2n) is 3.76. The molecule has 0 fully saturated rings. The van der Waals surface area contributed by atoms with E-state index in [0.29, 0.717) is 11.0 Å². The van der Waals surface area contributed by atoms with Gasteiger partial charge in [-0.2, -0.15) is 0 Å². The van der Waals surface area contributed by atoms with Crippen molar-refractivity contribution in [2.45, 2.75) is 20.3 Å². The van der Waals surface area contributed by atoms with Gasteiger partial charge in [-0.05, 0) is 5.92 Å². The van der Waals surface area contributed by atoms with Crippen LogP contribution in [0.25, 0.3) is 0 Å². The van der Waals surface area contributed by atoms with Crippen molar-refractivity contribution < 1.29 is 14.7 Å². The van der Waals surface area contributed by atoms with Crippen LogP contribution < -0.4 is 5.32 Å². The van der Waals surface area contributed by atoms with E-state index in [-0.39, 0.29) is 0 Å². The quantitative estimate of drug-likeness (QED) is 0.774. The van der Waals surface area contributed by atoms with Crippen LogP contribution in [0.2, 0.25) is 0 Å². The Kier molecular flexibility index (Phi) is 4.77. The van der Waals surface area contributed by atoms with Crippen LogP contribution in [-0.2, 0) is 16.0 Å². The van der Waals surface area contributed by atoms with Crippen molar-refractivity contribution in [3.05, 3.63) is 17.2 Å². The minimum atomic E-state index is -1.17. The van der Waals surface area contributed by atoms with Crippen molar-refractivity contribution in [1.29, 1.82) is 0 Å². The molecule has 0 unspecified atom stereocenters. The highest BCUT2D eigenvalue weighted by atomic mass is 32.1. The summed E-state index contributed by atoms with van der Waals surface area (Å²) < 4.78 is 0. The zero-order valence-electron chi connectivity index (χ0n) is 9.51. The highest BCUT2D eigenvalue weighted by molar-refractivity contribution is 7.15. The molecule has 1 aromatic heterocycles. The van der Waals surface area contributed by atoms with Gasteiger partial charge in [0.25, 0.3) is 0 Å². The molecule has 0 aliphatic heterocycles. The summed E-state index contributed by atoms with van der Waals surface area (Å²) in [5.41, 5.74) is 0. The summed E-state index contributed by atoms with van der Waals surface area (Å²) in [6.45, 7) is 4.13. The minimum Gasteiger partial charge on any atom is -0.478 e. The first-order valence-corrected chi connectivity index (χ1v) is 5.83. The maximum atomic E-state index is 11.2. The van der Waals surface area contributed by atoms with Gasteiger partial charge in [0.1, 0.15) is 5.01 Å². The Bertz CT molecular complexity index is 440. The normalized spacial score (nSPS) is 11.0. The Morgan fingerprint density at radius 2 is 2.12 bits per heavy atom. The van der Waals surface area contributed by atoms with E-state index in [9.17, 15) is 9.59 Å². The molecule has 92 valence electrons. The lowest BCUT2D eigenvalue weighted by atomic mass is 10.1. The van der Waals surface area contributed by atoms with Gasteiger partial charge in [-0.25, -0.2) is 4.79 Å². The van der Waals surface area contributed by atoms with E-state index in [1.54, 1.807) is 0 Å². The molecular formula is C10H13N3O3S. The highest BCUT2D eigenvalue weighted by Crippen LogP contribution is 2.17. The molecule has 1 heterocycles. The Balaban J connectivity index is 2.54. The SMILES string of the molecule is CC(C)Cc1nnc(NC(=O)/C=C/C(=O)O)s1. The van der Waals surface area contributed by atoms with Crippen molar-refractivity contribution in [3.63, 3.8) is 0 Å². The highest BCUT2D eigenvalue weighted by Gasteiger charge is 2.07. The third-order valence-corrected chi connectivity index (χ3v) is 2.52. The molecule has 6 nitrogen and oxygen atoms in total. The Hall–Kier alpha value is -1.76. The lowest BCUT2D eigenvalue weighted by Gasteiger charge is -1.97. The molecule has 0 aliphatic rings. The van der Waals surface area contributed by atoms with E-state index in [4.69, 9.17) is 5.11 Å². The van der Waals surface area contributed by atoms with Crippen LogP contribution in [0.5, 0.6) is 0 Å². The zero-order chi connectivity index (χ0) is 12.8. The Morgan fingerprint density at radius 1 is 1.41 bits per heavy atom. The summed E-state index contributed by atoms with van der Waals surface area (Å²) in [5, 5.41) is 19.7. The number of aromatic nitrogens is 2. The molecule has 0 atom stereocenters. The molecule has 0 aliphatic carbocycles. The predicted octanol–water partition coefficient (Wildman–Crippen LogP) is 1.32. The van der Waals surface area contributed by atoms with Gasteiger partial charge >= 0.3 is 5.97 Å². The van der Waals surface area contributed by atoms with Crippen molar-refractivity contribution in [2.24, 2.45) is 5.92 Å². The monoisotopic (exact) mass is 255 g/mol. The van der Waals surface area contributed by atoms with Gasteiger partial charge in [-0.15, -0.1) is 10.2 Å². The number of nitrogens with one attached hydrogen (secondary N) is 1. The van der Waals surface area contributed by atoms with Gasteiger partial charge in [0.15, 0.2) is 0 Å². The largest absolute Gasteiger partial charge is 0.478 e. The molecule has 0 spiro atoms. The maximum Gasteiger partial charge on any atom is 0.328 e. The molecular weight excluding hydrogens is 242 g/mol. The number of aliphatic carboxylic acids is 1. The molecule has 1 amide bonds. The third-order valence-electron chi connectivity index (χ3n) is 1.66. The van der Waals surface area contributed by atoms with Crippen LogP contribution >= 0.6 is 11.3 Å². The summed E-state index contributed by atoms with van der Waals surface area (Å²) in [5.74, 6) is -1.23. The van der Waals surface area contributed by atoms with Gasteiger partial charge < -0.3 is 5.11 Å². The predicted molar refractivity (Wildman–Crippen MR) is 63.9 cm³/mol. The van der Waals surface area contributed by atoms with E-state index < -0.39 is 11.9 Å². The number of nitrogens with zero attached hydrogens (tertiary/aromatic N) is 2. The molecule has 1 rings (SSSR count). The molecule has 17 heavy (non-hydrogen) atoms. The van der Waals surface area contributed by atoms with Crippen molar-refractivity contribution in [3.8, 4) is 0 Å². The molecule has 0 saturated carbocycles. The van der Waals surface area contributed by atoms with Crippen LogP contribution in [0, 0.1) is 5.92 Å². The first kappa shape index (κ1) is 13.3. The number of carboxylic acids is 1. The summed E-state index contributed by atoms with van der Waals surface area (Å²) in [6.07, 6.45) is 2.51. The number of amides is 1. The molecule has 2 N–H and O–H groups in total. The van der Waals surface area contributed by atoms with E-state index >= 15 is 0 Å². The van der Waals surface area contributed by atoms with Crippen molar-refractivity contribution in [2.75, 3.05) is 5.32 Å². The third kappa shape index (κ3) is 5.21. The summed E-state index contributed by atoms with van der Waals surface area (Å²) >= 11 is 1.29. The molecule has 0 saturated heterocycles. The van der Waals surface area contributed by atoms with E-state index in [0.717, 1.165) is 23.6 Å². The van der Waals surface area contributed by atoms with Crippen LogP contribution in [0.4, 0.5) is 5.13 Å². The minimum absolute atomic E-state index is 0.376. The molecule has 0 bridgehead atoms. The summed E-state index contributed by atoms with van der Waals surface area (Å²) in [7, 11) is 0. The van der Waals surface area contributed by atoms with Gasteiger partial charge in [-0.1, -0.05) is 25.2 Å². The number of hydrogen-bond acceptors (Lipinski definition) is 5. The average molecular weight is 255 g/mol. The fourth-order valence-electron chi connectivity index (χ4n) is 1.03. The average Bonchev–Trinajstić information content (AvgIpc) is 2.61. The number of carbonyl (C=O) groups is 2. The standard InChI is InChI=1S/C10H13N3O3S/c1-6(2)5-8-12-13-10(17-8)11-7(14)3-4-9(15)16/h3-4,6H,5H2,1-2H3,(H,15,16)(H,11,13,14)/b4-3+. The molecule has 0 radical (unpaired) electrons. The van der Waals surface area contributed by atoms with E-state index in [1.165, 1.54) is 11.3 Å². The van der Waals surface area contributed by atoms with E-state index in [2.05, 4.69) is 29.4 Å². The van der Waals surface area contributed by atoms with Crippen LogP contribution in [0.1, 0.15) is 18.9 Å². The number of anilines is 1. The topological polar surface area (TPSA) is 92.2 Å². The van der Waals surface area contributed by atoms with Gasteiger partial charge in [0, 0.05) is 18.6 Å². The first-order chi connectivity index (χ1) is 7.97. The Labute approximate surface area is 102 Å². The number of carbonyl (C=O) groups excluding carboxylic acids is 1. The van der Waals surface area contributed by atoms with Gasteiger partial charge in [-0.3, -0.25) is 10.1 Å². The van der Waals surface area contributed by atoms with Crippen LogP contribution in [0.15, 0.2) is 12.2 Å². The second kappa shape index (κ2) is 6.09. The lowest BCUT2D eigenvalue weighted by Crippen LogP contribution is -2.08. The maximum absolute atomic E-state index is 11.2. The van der Waals surface area contributed by atoms with Crippen LogP contribution in [0.3, 0.4) is 0 Å². The number of hydrogen-bond donors (Lipinski definition) is 2. The smallest absolute Gasteiger partial charge is 0.328 e. The van der Waals surface area contributed by atoms with Crippen molar-refractivity contribution >= 4 is 28.3 Å².